The molecule has 5 heteroatoms. The number of likely N-dealkylation sites (tertiary alicyclic amines) is 1. The predicted octanol–water partition coefficient (Wildman–Crippen LogP) is 5.19. The van der Waals surface area contributed by atoms with Gasteiger partial charge in [-0.05, 0) is 50.0 Å². The Bertz CT molecular complexity index is 609. The van der Waals surface area contributed by atoms with Gasteiger partial charge < -0.3 is 4.43 Å². The molecule has 0 spiro atoms. The van der Waals surface area contributed by atoms with Crippen molar-refractivity contribution in [3.63, 3.8) is 0 Å². The molecule has 2 heterocycles. The minimum absolute atomic E-state index is 0.149. The zero-order valence-corrected chi connectivity index (χ0v) is 18.9. The molecule has 1 fully saturated rings. The summed E-state index contributed by atoms with van der Waals surface area (Å²) in [5, 5.41) is 0.231. The van der Waals surface area contributed by atoms with E-state index in [0.29, 0.717) is 12.0 Å². The monoisotopic (exact) mass is 378 g/mol. The summed E-state index contributed by atoms with van der Waals surface area (Å²) in [4.78, 5) is 7.96. The Hall–Kier alpha value is -0.623. The molecule has 0 bridgehead atoms. The quantitative estimate of drug-likeness (QED) is 0.386. The average Bonchev–Trinajstić information content (AvgIpc) is 2.44. The standard InChI is InChI=1S/C20H34N2OSSi/c1-14-9-10-17(21-13-14)19(24)15(2)18-11-12-22(18)16(3)23-25(7,8)20(4,5)6/h9-10,13,15-16,18H,11-12H2,1-8H3/t15-,16-,18?/m1/s1. The zero-order valence-electron chi connectivity index (χ0n) is 17.1. The van der Waals surface area contributed by atoms with E-state index in [1.165, 1.54) is 12.0 Å². The Balaban J connectivity index is 2.03. The third kappa shape index (κ3) is 4.56. The summed E-state index contributed by atoms with van der Waals surface area (Å²) in [5.41, 5.74) is 2.11. The van der Waals surface area contributed by atoms with Crippen molar-refractivity contribution in [1.29, 1.82) is 0 Å². The molecule has 2 rings (SSSR count). The molecule has 0 saturated carbocycles. The second-order valence-electron chi connectivity index (χ2n) is 8.95. The van der Waals surface area contributed by atoms with E-state index < -0.39 is 8.32 Å². The second-order valence-corrected chi connectivity index (χ2v) is 14.1. The lowest BCUT2D eigenvalue weighted by molar-refractivity contribution is -0.0644. The molecule has 3 atom stereocenters. The molecule has 140 valence electrons. The van der Waals surface area contributed by atoms with Crippen LogP contribution < -0.4 is 0 Å². The van der Waals surface area contributed by atoms with Crippen LogP contribution in [0.15, 0.2) is 18.3 Å². The molecule has 0 aliphatic carbocycles. The van der Waals surface area contributed by atoms with Gasteiger partial charge in [-0.3, -0.25) is 9.88 Å². The van der Waals surface area contributed by atoms with Gasteiger partial charge in [0.2, 0.25) is 0 Å². The second kappa shape index (κ2) is 7.55. The third-order valence-electron chi connectivity index (χ3n) is 6.00. The number of hydrogen-bond donors (Lipinski definition) is 0. The molecule has 25 heavy (non-hydrogen) atoms. The summed E-state index contributed by atoms with van der Waals surface area (Å²) in [5.74, 6) is 0.310. The smallest absolute Gasteiger partial charge is 0.194 e. The minimum Gasteiger partial charge on any atom is -0.402 e. The maximum absolute atomic E-state index is 6.59. The third-order valence-corrected chi connectivity index (χ3v) is 11.1. The maximum Gasteiger partial charge on any atom is 0.194 e. The lowest BCUT2D eigenvalue weighted by atomic mass is 9.86. The predicted molar refractivity (Wildman–Crippen MR) is 113 cm³/mol. The van der Waals surface area contributed by atoms with Crippen LogP contribution in [0.25, 0.3) is 0 Å². The van der Waals surface area contributed by atoms with Crippen LogP contribution in [-0.2, 0) is 4.43 Å². The van der Waals surface area contributed by atoms with E-state index in [-0.39, 0.29) is 11.3 Å². The van der Waals surface area contributed by atoms with E-state index in [1.807, 2.05) is 12.3 Å². The molecule has 1 unspecified atom stereocenters. The summed E-state index contributed by atoms with van der Waals surface area (Å²) in [6.07, 6.45) is 3.23. The molecule has 0 aromatic carbocycles. The number of nitrogens with zero attached hydrogens (tertiary/aromatic N) is 2. The number of pyridine rings is 1. The van der Waals surface area contributed by atoms with Crippen molar-refractivity contribution < 1.29 is 4.43 Å². The van der Waals surface area contributed by atoms with Gasteiger partial charge in [-0.15, -0.1) is 0 Å². The van der Waals surface area contributed by atoms with Gasteiger partial charge in [0.05, 0.1) is 11.9 Å². The highest BCUT2D eigenvalue weighted by Gasteiger charge is 2.43. The molecule has 0 N–H and O–H groups in total. The van der Waals surface area contributed by atoms with Crippen LogP contribution in [0.1, 0.15) is 52.3 Å². The van der Waals surface area contributed by atoms with Crippen molar-refractivity contribution in [2.45, 2.75) is 78.4 Å². The average molecular weight is 379 g/mol. The van der Waals surface area contributed by atoms with E-state index in [2.05, 4.69) is 70.6 Å². The lowest BCUT2D eigenvalue weighted by Gasteiger charge is -2.50. The van der Waals surface area contributed by atoms with Gasteiger partial charge in [-0.25, -0.2) is 0 Å². The molecular weight excluding hydrogens is 344 g/mol. The van der Waals surface area contributed by atoms with Gasteiger partial charge in [0.25, 0.3) is 0 Å². The number of aryl methyl sites for hydroxylation is 1. The van der Waals surface area contributed by atoms with Crippen molar-refractivity contribution in [2.24, 2.45) is 5.92 Å². The van der Waals surface area contributed by atoms with Crippen LogP contribution >= 0.6 is 12.2 Å². The first kappa shape index (κ1) is 20.7. The van der Waals surface area contributed by atoms with Crippen LogP contribution in [0, 0.1) is 12.8 Å². The number of aromatic nitrogens is 1. The van der Waals surface area contributed by atoms with Crippen molar-refractivity contribution in [3.8, 4) is 0 Å². The molecular formula is C20H34N2OSSi. The highest BCUT2D eigenvalue weighted by molar-refractivity contribution is 7.80. The van der Waals surface area contributed by atoms with Gasteiger partial charge in [0, 0.05) is 29.6 Å². The van der Waals surface area contributed by atoms with Gasteiger partial charge in [0.1, 0.15) is 0 Å². The van der Waals surface area contributed by atoms with E-state index in [1.54, 1.807) is 0 Å². The molecule has 1 aromatic rings. The molecule has 1 saturated heterocycles. The summed E-state index contributed by atoms with van der Waals surface area (Å²) in [7, 11) is -1.76. The van der Waals surface area contributed by atoms with Gasteiger partial charge in [-0.1, -0.05) is 46.0 Å². The zero-order chi connectivity index (χ0) is 19.0. The van der Waals surface area contributed by atoms with Gasteiger partial charge in [0.15, 0.2) is 8.32 Å². The van der Waals surface area contributed by atoms with Crippen molar-refractivity contribution in [3.05, 3.63) is 29.6 Å². The topological polar surface area (TPSA) is 25.4 Å². The van der Waals surface area contributed by atoms with E-state index >= 15 is 0 Å². The highest BCUT2D eigenvalue weighted by atomic mass is 32.1. The largest absolute Gasteiger partial charge is 0.402 e. The van der Waals surface area contributed by atoms with E-state index in [4.69, 9.17) is 16.6 Å². The molecule has 0 amide bonds. The van der Waals surface area contributed by atoms with Crippen molar-refractivity contribution in [1.82, 2.24) is 9.88 Å². The summed E-state index contributed by atoms with van der Waals surface area (Å²) in [6, 6.07) is 4.59. The Kier molecular flexibility index (Phi) is 6.25. The van der Waals surface area contributed by atoms with Crippen molar-refractivity contribution in [2.75, 3.05) is 6.54 Å². The fraction of sp³-hybridized carbons (Fsp3) is 0.700. The Morgan fingerprint density at radius 3 is 2.40 bits per heavy atom. The number of thiocarbonyl (C=S) groups is 1. The highest BCUT2D eigenvalue weighted by Crippen LogP contribution is 2.39. The van der Waals surface area contributed by atoms with Crippen LogP contribution in [0.5, 0.6) is 0 Å². The Morgan fingerprint density at radius 1 is 1.32 bits per heavy atom. The first-order valence-corrected chi connectivity index (χ1v) is 12.7. The summed E-state index contributed by atoms with van der Waals surface area (Å²) >= 11 is 5.75. The summed E-state index contributed by atoms with van der Waals surface area (Å²) < 4.78 is 6.59. The van der Waals surface area contributed by atoms with Gasteiger partial charge >= 0.3 is 0 Å². The van der Waals surface area contributed by atoms with E-state index in [0.717, 1.165) is 17.1 Å². The maximum atomic E-state index is 6.59. The normalized spacial score (nSPS) is 21.5. The molecule has 1 aliphatic rings. The van der Waals surface area contributed by atoms with Crippen LogP contribution in [-0.4, -0.2) is 41.9 Å². The van der Waals surface area contributed by atoms with E-state index in [9.17, 15) is 0 Å². The Morgan fingerprint density at radius 2 is 1.96 bits per heavy atom. The first-order chi connectivity index (χ1) is 11.4. The summed E-state index contributed by atoms with van der Waals surface area (Å²) in [6.45, 7) is 19.1. The van der Waals surface area contributed by atoms with Crippen LogP contribution in [0.4, 0.5) is 0 Å². The number of rotatable bonds is 6. The molecule has 1 aromatic heterocycles. The fourth-order valence-electron chi connectivity index (χ4n) is 3.11. The minimum atomic E-state index is -1.76. The van der Waals surface area contributed by atoms with Crippen LogP contribution in [0.3, 0.4) is 0 Å². The molecule has 1 aliphatic heterocycles. The van der Waals surface area contributed by atoms with Crippen molar-refractivity contribution >= 4 is 25.4 Å². The number of hydrogen-bond acceptors (Lipinski definition) is 4. The lowest BCUT2D eigenvalue weighted by Crippen LogP contribution is -2.59. The molecule has 3 nitrogen and oxygen atoms in total. The van der Waals surface area contributed by atoms with Crippen LogP contribution in [0.2, 0.25) is 18.1 Å². The fourth-order valence-corrected chi connectivity index (χ4v) is 4.73. The SMILES string of the molecule is Cc1ccc(C(=S)[C@H](C)C2CCN2[C@@H](C)O[Si](C)(C)C(C)(C)C)nc1. The Labute approximate surface area is 160 Å². The molecule has 0 radical (unpaired) electrons. The first-order valence-electron chi connectivity index (χ1n) is 9.34. The van der Waals surface area contributed by atoms with Gasteiger partial charge in [-0.2, -0.15) is 0 Å².